The summed E-state index contributed by atoms with van der Waals surface area (Å²) in [6, 6.07) is 0.304. The molecule has 0 aromatic carbocycles. The molecular formula is C14H29N3. The van der Waals surface area contributed by atoms with Gasteiger partial charge in [-0.2, -0.15) is 0 Å². The average Bonchev–Trinajstić information content (AvgIpc) is 2.88. The summed E-state index contributed by atoms with van der Waals surface area (Å²) in [6.07, 6.45) is 5.79. The Morgan fingerprint density at radius 1 is 1.41 bits per heavy atom. The number of nitrogens with one attached hydrogen (secondary N) is 1. The Bertz CT molecular complexity index is 246. The van der Waals surface area contributed by atoms with Crippen LogP contribution in [0, 0.1) is 0 Å². The van der Waals surface area contributed by atoms with Crippen molar-refractivity contribution < 1.29 is 0 Å². The Morgan fingerprint density at radius 3 is 2.41 bits per heavy atom. The van der Waals surface area contributed by atoms with Crippen LogP contribution >= 0.6 is 0 Å². The number of hydrazine groups is 1. The van der Waals surface area contributed by atoms with Crippen molar-refractivity contribution in [3.63, 3.8) is 0 Å². The van der Waals surface area contributed by atoms with Crippen LogP contribution in [-0.4, -0.2) is 29.6 Å². The van der Waals surface area contributed by atoms with Crippen molar-refractivity contribution in [2.24, 2.45) is 5.84 Å². The number of rotatable bonds is 7. The lowest BCUT2D eigenvalue weighted by Gasteiger charge is -2.44. The first kappa shape index (κ1) is 14.7. The van der Waals surface area contributed by atoms with Gasteiger partial charge in [0.05, 0.1) is 0 Å². The molecule has 0 aromatic rings. The molecule has 1 aliphatic heterocycles. The highest BCUT2D eigenvalue weighted by molar-refractivity contribution is 5.05. The van der Waals surface area contributed by atoms with E-state index >= 15 is 0 Å². The van der Waals surface area contributed by atoms with E-state index in [0.717, 1.165) is 19.3 Å². The van der Waals surface area contributed by atoms with Gasteiger partial charge in [0.25, 0.3) is 0 Å². The van der Waals surface area contributed by atoms with Crippen LogP contribution in [0.2, 0.25) is 0 Å². The summed E-state index contributed by atoms with van der Waals surface area (Å²) in [5.41, 5.74) is 4.47. The summed E-state index contributed by atoms with van der Waals surface area (Å²) in [7, 11) is 0. The maximum absolute atomic E-state index is 5.79. The Kier molecular flexibility index (Phi) is 5.63. The molecule has 1 rings (SSSR count). The van der Waals surface area contributed by atoms with Gasteiger partial charge in [-0.25, -0.2) is 0 Å². The molecule has 1 aliphatic rings. The molecule has 3 heteroatoms. The molecule has 0 saturated carbocycles. The molecule has 1 fully saturated rings. The van der Waals surface area contributed by atoms with E-state index in [1.54, 1.807) is 0 Å². The highest BCUT2D eigenvalue weighted by Gasteiger charge is 2.38. The van der Waals surface area contributed by atoms with Gasteiger partial charge < -0.3 is 0 Å². The Hall–Kier alpha value is -0.380. The predicted molar refractivity (Wildman–Crippen MR) is 74.7 cm³/mol. The van der Waals surface area contributed by atoms with Crippen LogP contribution < -0.4 is 11.3 Å². The second-order valence-corrected chi connectivity index (χ2v) is 5.43. The molecule has 1 saturated heterocycles. The first-order chi connectivity index (χ1) is 8.08. The summed E-state index contributed by atoms with van der Waals surface area (Å²) < 4.78 is 0. The van der Waals surface area contributed by atoms with E-state index in [4.69, 9.17) is 5.84 Å². The van der Waals surface area contributed by atoms with Crippen LogP contribution in [0.5, 0.6) is 0 Å². The third kappa shape index (κ3) is 3.30. The van der Waals surface area contributed by atoms with Gasteiger partial charge in [-0.1, -0.05) is 26.0 Å². The van der Waals surface area contributed by atoms with E-state index < -0.39 is 0 Å². The smallest absolute Gasteiger partial charge is 0.0428 e. The minimum absolute atomic E-state index is 0.156. The third-order valence-electron chi connectivity index (χ3n) is 4.49. The van der Waals surface area contributed by atoms with Crippen LogP contribution in [0.1, 0.15) is 52.9 Å². The Balaban J connectivity index is 2.76. The zero-order valence-electron chi connectivity index (χ0n) is 11.8. The van der Waals surface area contributed by atoms with Gasteiger partial charge in [0.2, 0.25) is 0 Å². The number of hydrogen-bond donors (Lipinski definition) is 2. The molecule has 3 nitrogen and oxygen atoms in total. The van der Waals surface area contributed by atoms with Gasteiger partial charge in [0, 0.05) is 11.6 Å². The maximum Gasteiger partial charge on any atom is 0.0428 e. The summed E-state index contributed by atoms with van der Waals surface area (Å²) in [4.78, 5) is 2.60. The molecular weight excluding hydrogens is 210 g/mol. The molecule has 0 spiro atoms. The van der Waals surface area contributed by atoms with Gasteiger partial charge in [-0.3, -0.25) is 16.2 Å². The third-order valence-corrected chi connectivity index (χ3v) is 4.49. The molecule has 0 amide bonds. The van der Waals surface area contributed by atoms with Crippen molar-refractivity contribution in [2.45, 2.75) is 64.5 Å². The monoisotopic (exact) mass is 239 g/mol. The lowest BCUT2D eigenvalue weighted by molar-refractivity contribution is 0.0838. The first-order valence-corrected chi connectivity index (χ1v) is 6.96. The van der Waals surface area contributed by atoms with Crippen LogP contribution in [0.3, 0.4) is 0 Å². The van der Waals surface area contributed by atoms with Crippen molar-refractivity contribution in [3.8, 4) is 0 Å². The quantitative estimate of drug-likeness (QED) is 0.407. The minimum atomic E-state index is 0.156. The van der Waals surface area contributed by atoms with Crippen LogP contribution in [0.25, 0.3) is 0 Å². The van der Waals surface area contributed by atoms with E-state index in [1.165, 1.54) is 31.5 Å². The van der Waals surface area contributed by atoms with E-state index in [2.05, 4.69) is 37.7 Å². The Morgan fingerprint density at radius 2 is 2.00 bits per heavy atom. The van der Waals surface area contributed by atoms with Crippen molar-refractivity contribution in [1.29, 1.82) is 0 Å². The molecule has 3 N–H and O–H groups in total. The topological polar surface area (TPSA) is 41.3 Å². The fraction of sp³-hybridized carbons (Fsp3) is 0.857. The van der Waals surface area contributed by atoms with E-state index in [-0.39, 0.29) is 5.54 Å². The van der Waals surface area contributed by atoms with Crippen molar-refractivity contribution in [2.75, 3.05) is 13.1 Å². The summed E-state index contributed by atoms with van der Waals surface area (Å²) >= 11 is 0. The van der Waals surface area contributed by atoms with Crippen LogP contribution in [0.4, 0.5) is 0 Å². The van der Waals surface area contributed by atoms with Crippen molar-refractivity contribution in [3.05, 3.63) is 12.2 Å². The van der Waals surface area contributed by atoms with Crippen molar-refractivity contribution >= 4 is 0 Å². The number of nitrogens with two attached hydrogens (primary N) is 1. The second kappa shape index (κ2) is 6.53. The van der Waals surface area contributed by atoms with Crippen molar-refractivity contribution in [1.82, 2.24) is 10.3 Å². The second-order valence-electron chi connectivity index (χ2n) is 5.43. The fourth-order valence-electron chi connectivity index (χ4n) is 2.81. The number of hydrogen-bond acceptors (Lipinski definition) is 3. The van der Waals surface area contributed by atoms with Gasteiger partial charge in [-0.05, 0) is 52.1 Å². The largest absolute Gasteiger partial charge is 0.296 e. The average molecular weight is 239 g/mol. The van der Waals surface area contributed by atoms with Gasteiger partial charge in [-0.15, -0.1) is 0 Å². The molecule has 100 valence electrons. The van der Waals surface area contributed by atoms with Crippen LogP contribution in [0.15, 0.2) is 12.2 Å². The van der Waals surface area contributed by atoms with Gasteiger partial charge in [0.1, 0.15) is 0 Å². The van der Waals surface area contributed by atoms with E-state index in [1.807, 2.05) is 0 Å². The zero-order valence-corrected chi connectivity index (χ0v) is 11.8. The standard InChI is InChI=1S/C14H29N3/c1-5-12(3)11-13(16-15)14(4,6-2)17-9-7-8-10-17/h13,16H,3,5-11,15H2,1-2,4H3. The molecule has 0 aliphatic carbocycles. The minimum Gasteiger partial charge on any atom is -0.296 e. The summed E-state index contributed by atoms with van der Waals surface area (Å²) in [5, 5.41) is 0. The molecule has 17 heavy (non-hydrogen) atoms. The number of nitrogens with zero attached hydrogens (tertiary/aromatic N) is 1. The first-order valence-electron chi connectivity index (χ1n) is 6.96. The fourth-order valence-corrected chi connectivity index (χ4v) is 2.81. The molecule has 0 bridgehead atoms. The maximum atomic E-state index is 5.79. The lowest BCUT2D eigenvalue weighted by atomic mass is 9.84. The summed E-state index contributed by atoms with van der Waals surface area (Å²) in [6.45, 7) is 13.3. The lowest BCUT2D eigenvalue weighted by Crippen LogP contribution is -2.60. The van der Waals surface area contributed by atoms with Gasteiger partial charge >= 0.3 is 0 Å². The summed E-state index contributed by atoms with van der Waals surface area (Å²) in [5.74, 6) is 5.79. The molecule has 0 radical (unpaired) electrons. The number of likely N-dealkylation sites (tertiary alicyclic amines) is 1. The van der Waals surface area contributed by atoms with Crippen LogP contribution in [-0.2, 0) is 0 Å². The zero-order chi connectivity index (χ0) is 12.9. The molecule has 1 heterocycles. The molecule has 2 atom stereocenters. The highest BCUT2D eigenvalue weighted by Crippen LogP contribution is 2.30. The molecule has 0 aromatic heterocycles. The van der Waals surface area contributed by atoms with E-state index in [0.29, 0.717) is 6.04 Å². The van der Waals surface area contributed by atoms with Gasteiger partial charge in [0.15, 0.2) is 0 Å². The SMILES string of the molecule is C=C(CC)CC(NN)C(C)(CC)N1CCCC1. The van der Waals surface area contributed by atoms with E-state index in [9.17, 15) is 0 Å². The molecule has 2 unspecified atom stereocenters. The highest BCUT2D eigenvalue weighted by atomic mass is 15.3. The predicted octanol–water partition coefficient (Wildman–Crippen LogP) is 2.44. The Labute approximate surface area is 106 Å². The normalized spacial score (nSPS) is 22.4.